The van der Waals surface area contributed by atoms with Gasteiger partial charge in [-0.3, -0.25) is 0 Å². The molecular weight excluding hydrogens is 168 g/mol. The van der Waals surface area contributed by atoms with Crippen LogP contribution in [0, 0.1) is 0 Å². The zero-order valence-corrected chi connectivity index (χ0v) is 8.30. The van der Waals surface area contributed by atoms with Crippen LogP contribution in [0.15, 0.2) is 0 Å². The zero-order chi connectivity index (χ0) is 8.20. The van der Waals surface area contributed by atoms with E-state index in [0.717, 1.165) is 5.75 Å². The van der Waals surface area contributed by atoms with Crippen LogP contribution in [0.1, 0.15) is 20.8 Å². The van der Waals surface area contributed by atoms with Gasteiger partial charge in [0.05, 0.1) is 6.10 Å². The first-order valence-electron chi connectivity index (χ1n) is 3.33. The lowest BCUT2D eigenvalue weighted by molar-refractivity contribution is 0.223. The molecule has 3 heteroatoms. The van der Waals surface area contributed by atoms with Gasteiger partial charge in [-0.15, -0.1) is 11.6 Å². The van der Waals surface area contributed by atoms with E-state index in [1.807, 2.05) is 0 Å². The quantitative estimate of drug-likeness (QED) is 0.675. The highest BCUT2D eigenvalue weighted by atomic mass is 35.5. The molecule has 0 rings (SSSR count). The monoisotopic (exact) mass is 182 g/mol. The largest absolute Gasteiger partial charge is 0.391 e. The Balaban J connectivity index is 3.36. The van der Waals surface area contributed by atoms with Crippen molar-refractivity contribution in [3.63, 3.8) is 0 Å². The van der Waals surface area contributed by atoms with Gasteiger partial charge in [0.25, 0.3) is 0 Å². The van der Waals surface area contributed by atoms with Crippen molar-refractivity contribution in [2.24, 2.45) is 0 Å². The van der Waals surface area contributed by atoms with Crippen LogP contribution in [0.3, 0.4) is 0 Å². The predicted molar refractivity (Wildman–Crippen MR) is 48.9 cm³/mol. The van der Waals surface area contributed by atoms with Gasteiger partial charge >= 0.3 is 0 Å². The highest BCUT2D eigenvalue weighted by Gasteiger charge is 2.12. The zero-order valence-electron chi connectivity index (χ0n) is 6.72. The Morgan fingerprint density at radius 1 is 1.50 bits per heavy atom. The summed E-state index contributed by atoms with van der Waals surface area (Å²) in [5, 5.41) is 9.07. The van der Waals surface area contributed by atoms with Gasteiger partial charge in [0.2, 0.25) is 0 Å². The van der Waals surface area contributed by atoms with E-state index < -0.39 is 0 Å². The van der Waals surface area contributed by atoms with Crippen molar-refractivity contribution >= 4 is 23.4 Å². The summed E-state index contributed by atoms with van der Waals surface area (Å²) in [6.45, 7) is 6.37. The number of rotatable bonds is 3. The fourth-order valence-corrected chi connectivity index (χ4v) is 1.44. The predicted octanol–water partition coefficient (Wildman–Crippen LogP) is 2.12. The van der Waals surface area contributed by atoms with E-state index in [1.54, 1.807) is 11.8 Å². The van der Waals surface area contributed by atoms with E-state index in [-0.39, 0.29) is 10.9 Å². The Morgan fingerprint density at radius 3 is 2.30 bits per heavy atom. The molecule has 0 radical (unpaired) electrons. The van der Waals surface area contributed by atoms with Gasteiger partial charge in [0.15, 0.2) is 0 Å². The van der Waals surface area contributed by atoms with Gasteiger partial charge in [-0.25, -0.2) is 0 Å². The van der Waals surface area contributed by atoms with E-state index in [2.05, 4.69) is 20.8 Å². The molecule has 0 aliphatic carbocycles. The van der Waals surface area contributed by atoms with Crippen LogP contribution >= 0.6 is 23.4 Å². The first-order chi connectivity index (χ1) is 4.45. The molecule has 1 nitrogen and oxygen atoms in total. The minimum absolute atomic E-state index is 0.229. The lowest BCUT2D eigenvalue weighted by Crippen LogP contribution is -2.17. The maximum atomic E-state index is 9.07. The molecule has 0 heterocycles. The summed E-state index contributed by atoms with van der Waals surface area (Å²) in [6.07, 6.45) is -0.356. The van der Waals surface area contributed by atoms with Gasteiger partial charge in [-0.05, 0) is 0 Å². The smallest absolute Gasteiger partial charge is 0.0765 e. The van der Waals surface area contributed by atoms with Crippen molar-refractivity contribution in [2.75, 3.05) is 11.6 Å². The van der Waals surface area contributed by atoms with Gasteiger partial charge in [-0.1, -0.05) is 20.8 Å². The topological polar surface area (TPSA) is 20.2 Å². The first kappa shape index (κ1) is 10.6. The fraction of sp³-hybridized carbons (Fsp3) is 1.00. The SMILES string of the molecule is CC(C)(C)SC[C@H](O)CCl. The van der Waals surface area contributed by atoms with Crippen molar-refractivity contribution < 1.29 is 5.11 Å². The second-order valence-electron chi connectivity index (χ2n) is 3.23. The summed E-state index contributed by atoms with van der Waals surface area (Å²) >= 11 is 7.15. The lowest BCUT2D eigenvalue weighted by atomic mass is 10.3. The Labute approximate surface area is 72.1 Å². The summed E-state index contributed by atoms with van der Waals surface area (Å²) in [5.74, 6) is 1.07. The van der Waals surface area contributed by atoms with Crippen molar-refractivity contribution in [1.29, 1.82) is 0 Å². The lowest BCUT2D eigenvalue weighted by Gasteiger charge is -2.18. The van der Waals surface area contributed by atoms with E-state index in [9.17, 15) is 0 Å². The van der Waals surface area contributed by atoms with E-state index in [1.165, 1.54) is 0 Å². The van der Waals surface area contributed by atoms with Crippen molar-refractivity contribution in [3.05, 3.63) is 0 Å². The second-order valence-corrected chi connectivity index (χ2v) is 5.39. The molecule has 0 aromatic rings. The summed E-state index contributed by atoms with van der Waals surface area (Å²) in [4.78, 5) is 0. The molecule has 0 spiro atoms. The minimum Gasteiger partial charge on any atom is -0.391 e. The Hall–Kier alpha value is 0.600. The molecule has 0 saturated heterocycles. The fourth-order valence-electron chi connectivity index (χ4n) is 0.391. The Morgan fingerprint density at radius 2 is 2.00 bits per heavy atom. The molecule has 62 valence electrons. The molecule has 0 bridgehead atoms. The normalized spacial score (nSPS) is 15.3. The number of aliphatic hydroxyl groups is 1. The molecule has 0 aromatic heterocycles. The first-order valence-corrected chi connectivity index (χ1v) is 4.85. The van der Waals surface area contributed by atoms with Gasteiger partial charge in [0.1, 0.15) is 0 Å². The maximum Gasteiger partial charge on any atom is 0.0765 e. The molecule has 0 amide bonds. The van der Waals surface area contributed by atoms with Crippen LogP contribution in [0.25, 0.3) is 0 Å². The van der Waals surface area contributed by atoms with E-state index >= 15 is 0 Å². The average Bonchev–Trinajstić information content (AvgIpc) is 1.81. The van der Waals surface area contributed by atoms with Crippen LogP contribution in [-0.4, -0.2) is 27.6 Å². The average molecular weight is 183 g/mol. The second kappa shape index (κ2) is 4.47. The molecule has 0 aliphatic rings. The summed E-state index contributed by atoms with van der Waals surface area (Å²) in [6, 6.07) is 0. The van der Waals surface area contributed by atoms with Crippen LogP contribution in [-0.2, 0) is 0 Å². The minimum atomic E-state index is -0.356. The summed E-state index contributed by atoms with van der Waals surface area (Å²) in [7, 11) is 0. The number of alkyl halides is 1. The summed E-state index contributed by atoms with van der Waals surface area (Å²) in [5.41, 5.74) is 0. The number of aliphatic hydroxyl groups excluding tert-OH is 1. The maximum absolute atomic E-state index is 9.07. The third kappa shape index (κ3) is 6.72. The molecule has 0 unspecified atom stereocenters. The van der Waals surface area contributed by atoms with Gasteiger partial charge in [0, 0.05) is 16.4 Å². The standard InChI is InChI=1S/C7H15ClOS/c1-7(2,3)10-5-6(9)4-8/h6,9H,4-5H2,1-3H3/t6-/m1/s1. The van der Waals surface area contributed by atoms with E-state index in [4.69, 9.17) is 16.7 Å². The molecular formula is C7H15ClOS. The third-order valence-electron chi connectivity index (χ3n) is 0.887. The number of hydrogen-bond donors (Lipinski definition) is 1. The number of halogens is 1. The van der Waals surface area contributed by atoms with Crippen molar-refractivity contribution in [1.82, 2.24) is 0 Å². The highest BCUT2D eigenvalue weighted by Crippen LogP contribution is 2.23. The molecule has 0 saturated carbocycles. The molecule has 10 heavy (non-hydrogen) atoms. The summed E-state index contributed by atoms with van der Waals surface area (Å²) < 4.78 is 0.229. The van der Waals surface area contributed by atoms with Crippen LogP contribution in [0.4, 0.5) is 0 Å². The molecule has 0 aliphatic heterocycles. The van der Waals surface area contributed by atoms with Gasteiger partial charge in [-0.2, -0.15) is 11.8 Å². The van der Waals surface area contributed by atoms with Crippen molar-refractivity contribution in [2.45, 2.75) is 31.6 Å². The molecule has 1 atom stereocenters. The molecule has 1 N–H and O–H groups in total. The van der Waals surface area contributed by atoms with E-state index in [0.29, 0.717) is 5.88 Å². The van der Waals surface area contributed by atoms with Crippen molar-refractivity contribution in [3.8, 4) is 0 Å². The number of hydrogen-bond acceptors (Lipinski definition) is 2. The highest BCUT2D eigenvalue weighted by molar-refractivity contribution is 8.00. The van der Waals surface area contributed by atoms with Crippen LogP contribution < -0.4 is 0 Å². The molecule has 0 aromatic carbocycles. The van der Waals surface area contributed by atoms with Crippen LogP contribution in [0.2, 0.25) is 0 Å². The third-order valence-corrected chi connectivity index (χ3v) is 2.66. The molecule has 0 fully saturated rings. The van der Waals surface area contributed by atoms with Gasteiger partial charge < -0.3 is 5.11 Å². The Kier molecular flexibility index (Phi) is 4.74. The number of thioether (sulfide) groups is 1. The van der Waals surface area contributed by atoms with Crippen LogP contribution in [0.5, 0.6) is 0 Å². The Bertz CT molecular complexity index is 90.1.